The predicted octanol–water partition coefficient (Wildman–Crippen LogP) is 7.50. The van der Waals surface area contributed by atoms with Gasteiger partial charge in [0.15, 0.2) is 5.82 Å². The number of aliphatic hydroxyl groups excluding tert-OH is 1. The predicted molar refractivity (Wildman–Crippen MR) is 200 cm³/mol. The van der Waals surface area contributed by atoms with Gasteiger partial charge in [-0.1, -0.05) is 47.5 Å². The third kappa shape index (κ3) is 9.68. The number of nitrogens with one attached hydrogen (secondary N) is 3. The number of aromatic nitrogens is 2. The van der Waals surface area contributed by atoms with Crippen LogP contribution in [-0.2, 0) is 22.6 Å². The van der Waals surface area contributed by atoms with Gasteiger partial charge in [0.2, 0.25) is 11.8 Å². The maximum absolute atomic E-state index is 15.4. The molecule has 2 aromatic carbocycles. The standard InChI is InChI=1S/C38H43Cl2FN6O5/c1-38(2,3)52-37(50)47(22-25-13-15-31(49)44-25)21-24-12-14-28(46-36(24)51-4)26-16-18-43-35(33(26)40)27-9-6-10-29(32(27)39)45-30-11-5-8-23(34(30)41)20-42-17-7-19-48/h5-6,8-12,14,16,18,25,42,45,48H,7,13,15,17,19-22H2,1-4H3,(H,44,49)/t25-/m0/s1. The fourth-order valence-corrected chi connectivity index (χ4v) is 6.33. The number of benzene rings is 2. The van der Waals surface area contributed by atoms with E-state index in [1.807, 2.05) is 6.07 Å². The number of hydrogen-bond acceptors (Lipinski definition) is 9. The Balaban J connectivity index is 1.40. The number of halogens is 3. The number of amides is 2. The first-order chi connectivity index (χ1) is 24.9. The van der Waals surface area contributed by atoms with Crippen LogP contribution in [0.2, 0.25) is 10.0 Å². The van der Waals surface area contributed by atoms with Gasteiger partial charge in [-0.05, 0) is 70.5 Å². The Labute approximate surface area is 312 Å². The monoisotopic (exact) mass is 752 g/mol. The largest absolute Gasteiger partial charge is 0.481 e. The molecule has 3 heterocycles. The normalized spacial score (nSPS) is 14.2. The molecule has 1 atom stereocenters. The molecular formula is C38H43Cl2FN6O5. The zero-order chi connectivity index (χ0) is 37.4. The number of nitrogens with zero attached hydrogens (tertiary/aromatic N) is 3. The van der Waals surface area contributed by atoms with Crippen molar-refractivity contribution >= 4 is 46.6 Å². The zero-order valence-electron chi connectivity index (χ0n) is 29.6. The molecule has 2 amide bonds. The minimum atomic E-state index is -0.713. The smallest absolute Gasteiger partial charge is 0.410 e. The molecule has 0 radical (unpaired) electrons. The molecule has 2 aromatic heterocycles. The Bertz CT molecular complexity index is 1910. The zero-order valence-corrected chi connectivity index (χ0v) is 31.1. The molecule has 0 aliphatic carbocycles. The first-order valence-electron chi connectivity index (χ1n) is 17.0. The molecule has 0 saturated carbocycles. The van der Waals surface area contributed by atoms with Crippen LogP contribution in [0.5, 0.6) is 5.88 Å². The summed E-state index contributed by atoms with van der Waals surface area (Å²) in [6, 6.07) is 15.5. The molecule has 11 nitrogen and oxygen atoms in total. The van der Waals surface area contributed by atoms with Crippen LogP contribution in [-0.4, -0.2) is 70.4 Å². The SMILES string of the molecule is COc1nc(-c2ccnc(-c3cccc(Nc4cccc(CNCCCO)c4F)c3Cl)c2Cl)ccc1CN(C[C@@H]1CCC(=O)N1)C(=O)OC(C)(C)C. The molecule has 0 bridgehead atoms. The summed E-state index contributed by atoms with van der Waals surface area (Å²) in [5, 5.41) is 18.7. The van der Waals surface area contributed by atoms with Gasteiger partial charge in [0.05, 0.1) is 46.5 Å². The second kappa shape index (κ2) is 17.4. The van der Waals surface area contributed by atoms with Crippen molar-refractivity contribution < 1.29 is 28.6 Å². The van der Waals surface area contributed by atoms with Crippen molar-refractivity contribution in [3.63, 3.8) is 0 Å². The van der Waals surface area contributed by atoms with Gasteiger partial charge in [-0.2, -0.15) is 0 Å². The third-order valence-electron chi connectivity index (χ3n) is 8.27. The highest BCUT2D eigenvalue weighted by Crippen LogP contribution is 2.41. The number of ether oxygens (including phenoxy) is 2. The molecule has 4 N–H and O–H groups in total. The first-order valence-corrected chi connectivity index (χ1v) is 17.7. The minimum Gasteiger partial charge on any atom is -0.481 e. The van der Waals surface area contributed by atoms with Crippen LogP contribution in [0.15, 0.2) is 60.8 Å². The van der Waals surface area contributed by atoms with E-state index in [0.29, 0.717) is 81.7 Å². The van der Waals surface area contributed by atoms with Crippen molar-refractivity contribution in [1.29, 1.82) is 0 Å². The van der Waals surface area contributed by atoms with Gasteiger partial charge in [0.25, 0.3) is 0 Å². The Hall–Kier alpha value is -4.49. The second-order valence-corrected chi connectivity index (χ2v) is 14.1. The van der Waals surface area contributed by atoms with E-state index >= 15 is 4.39 Å². The molecular weight excluding hydrogens is 710 g/mol. The van der Waals surface area contributed by atoms with Gasteiger partial charge in [0, 0.05) is 60.6 Å². The van der Waals surface area contributed by atoms with Gasteiger partial charge in [-0.3, -0.25) is 9.78 Å². The average Bonchev–Trinajstić information content (AvgIpc) is 3.52. The first kappa shape index (κ1) is 38.7. The molecule has 0 unspecified atom stereocenters. The molecule has 5 rings (SSSR count). The summed E-state index contributed by atoms with van der Waals surface area (Å²) in [6.07, 6.45) is 2.68. The lowest BCUT2D eigenvalue weighted by Gasteiger charge is -2.29. The maximum atomic E-state index is 15.4. The number of carbonyl (C=O) groups is 2. The highest BCUT2D eigenvalue weighted by Gasteiger charge is 2.29. The number of anilines is 2. The molecule has 1 aliphatic rings. The maximum Gasteiger partial charge on any atom is 0.410 e. The van der Waals surface area contributed by atoms with Crippen molar-refractivity contribution in [2.75, 3.05) is 32.1 Å². The molecule has 0 spiro atoms. The second-order valence-electron chi connectivity index (χ2n) is 13.4. The summed E-state index contributed by atoms with van der Waals surface area (Å²) in [5.41, 5.74) is 3.09. The number of rotatable bonds is 14. The van der Waals surface area contributed by atoms with Crippen LogP contribution >= 0.6 is 23.2 Å². The third-order valence-corrected chi connectivity index (χ3v) is 9.06. The summed E-state index contributed by atoms with van der Waals surface area (Å²) in [4.78, 5) is 35.9. The fraction of sp³-hybridized carbons (Fsp3) is 0.368. The molecule has 1 aliphatic heterocycles. The number of aliphatic hydroxyl groups is 1. The summed E-state index contributed by atoms with van der Waals surface area (Å²) < 4.78 is 26.8. The number of carbonyl (C=O) groups excluding carboxylic acids is 2. The van der Waals surface area contributed by atoms with E-state index in [-0.39, 0.29) is 43.2 Å². The van der Waals surface area contributed by atoms with E-state index in [1.165, 1.54) is 7.11 Å². The van der Waals surface area contributed by atoms with E-state index in [4.69, 9.17) is 42.8 Å². The lowest BCUT2D eigenvalue weighted by atomic mass is 10.0. The Morgan fingerprint density at radius 3 is 2.54 bits per heavy atom. The number of pyridine rings is 2. The van der Waals surface area contributed by atoms with Gasteiger partial charge in [0.1, 0.15) is 5.60 Å². The topological polar surface area (TPSA) is 138 Å². The van der Waals surface area contributed by atoms with Crippen molar-refractivity contribution in [1.82, 2.24) is 25.5 Å². The molecule has 1 saturated heterocycles. The van der Waals surface area contributed by atoms with Gasteiger partial charge in [-0.25, -0.2) is 14.2 Å². The minimum absolute atomic E-state index is 0.0471. The van der Waals surface area contributed by atoms with E-state index < -0.39 is 17.5 Å². The van der Waals surface area contributed by atoms with E-state index in [9.17, 15) is 9.59 Å². The Morgan fingerprint density at radius 1 is 1.06 bits per heavy atom. The fourth-order valence-electron chi connectivity index (χ4n) is 5.76. The quantitative estimate of drug-likeness (QED) is 0.0966. The van der Waals surface area contributed by atoms with Crippen molar-refractivity contribution in [3.8, 4) is 28.4 Å². The van der Waals surface area contributed by atoms with Crippen molar-refractivity contribution in [3.05, 3.63) is 87.8 Å². The Kier molecular flexibility index (Phi) is 12.9. The van der Waals surface area contributed by atoms with Crippen molar-refractivity contribution in [2.45, 2.75) is 64.8 Å². The summed E-state index contributed by atoms with van der Waals surface area (Å²) in [6.45, 7) is 6.72. The van der Waals surface area contributed by atoms with E-state index in [1.54, 1.807) is 80.4 Å². The van der Waals surface area contributed by atoms with Crippen LogP contribution < -0.4 is 20.7 Å². The molecule has 14 heteroatoms. The number of methoxy groups -OCH3 is 1. The molecule has 4 aromatic rings. The molecule has 276 valence electrons. The molecule has 1 fully saturated rings. The van der Waals surface area contributed by atoms with E-state index in [0.717, 1.165) is 0 Å². The van der Waals surface area contributed by atoms with Gasteiger partial charge in [-0.15, -0.1) is 0 Å². The summed E-state index contributed by atoms with van der Waals surface area (Å²) >= 11 is 13.9. The summed E-state index contributed by atoms with van der Waals surface area (Å²) in [5.74, 6) is -0.177. The van der Waals surface area contributed by atoms with Gasteiger partial charge >= 0.3 is 6.09 Å². The van der Waals surface area contributed by atoms with Crippen LogP contribution in [0.1, 0.15) is 51.2 Å². The van der Waals surface area contributed by atoms with Crippen LogP contribution in [0, 0.1) is 5.82 Å². The van der Waals surface area contributed by atoms with Crippen LogP contribution in [0.3, 0.4) is 0 Å². The van der Waals surface area contributed by atoms with Crippen molar-refractivity contribution in [2.24, 2.45) is 0 Å². The van der Waals surface area contributed by atoms with Crippen LogP contribution in [0.4, 0.5) is 20.6 Å². The van der Waals surface area contributed by atoms with Crippen LogP contribution in [0.25, 0.3) is 22.5 Å². The highest BCUT2D eigenvalue weighted by atomic mass is 35.5. The van der Waals surface area contributed by atoms with E-state index in [2.05, 4.69) is 20.9 Å². The molecule has 52 heavy (non-hydrogen) atoms. The average molecular weight is 754 g/mol. The summed E-state index contributed by atoms with van der Waals surface area (Å²) in [7, 11) is 1.49. The Morgan fingerprint density at radius 2 is 1.83 bits per heavy atom. The number of hydrogen-bond donors (Lipinski definition) is 4. The lowest BCUT2D eigenvalue weighted by Crippen LogP contribution is -2.43. The lowest BCUT2D eigenvalue weighted by molar-refractivity contribution is -0.119. The highest BCUT2D eigenvalue weighted by molar-refractivity contribution is 6.39. The van der Waals surface area contributed by atoms with Gasteiger partial charge < -0.3 is 35.4 Å².